The van der Waals surface area contributed by atoms with E-state index < -0.39 is 0 Å². The van der Waals surface area contributed by atoms with Crippen molar-refractivity contribution in [2.75, 3.05) is 0 Å². The molecule has 11 rings (SSSR count). The Morgan fingerprint density at radius 2 is 1.50 bits per heavy atom. The maximum Gasteiger partial charge on any atom is 0.136 e. The van der Waals surface area contributed by atoms with Gasteiger partial charge >= 0.3 is 0 Å². The van der Waals surface area contributed by atoms with Gasteiger partial charge in [-0.3, -0.25) is 4.99 Å². The second-order valence-corrected chi connectivity index (χ2v) is 17.4. The Morgan fingerprint density at radius 1 is 0.724 bits per heavy atom. The fraction of sp³-hybridized carbons (Fsp3) is 0.218. The van der Waals surface area contributed by atoms with Gasteiger partial charge in [0.15, 0.2) is 0 Å². The lowest BCUT2D eigenvalue weighted by molar-refractivity contribution is 0.368. The molecule has 3 heteroatoms. The minimum Gasteiger partial charge on any atom is -0.260 e. The minimum absolute atomic E-state index is 0.0799. The first-order valence-corrected chi connectivity index (χ1v) is 21.2. The number of hydrogen-bond donors (Lipinski definition) is 0. The van der Waals surface area contributed by atoms with Crippen molar-refractivity contribution in [2.45, 2.75) is 51.9 Å². The Balaban J connectivity index is 0.977. The Kier molecular flexibility index (Phi) is 8.47. The molecule has 1 aliphatic heterocycles. The molecule has 0 radical (unpaired) electrons. The Morgan fingerprint density at radius 3 is 2.34 bits per heavy atom. The number of allylic oxidation sites excluding steroid dienone is 17. The summed E-state index contributed by atoms with van der Waals surface area (Å²) in [5.74, 6) is 2.10. The molecule has 0 saturated heterocycles. The Bertz CT molecular complexity index is 2850. The van der Waals surface area contributed by atoms with E-state index in [1.165, 1.54) is 66.2 Å². The molecule has 3 nitrogen and oxygen atoms in total. The van der Waals surface area contributed by atoms with Gasteiger partial charge in [-0.2, -0.15) is 0 Å². The fourth-order valence-electron chi connectivity index (χ4n) is 10.5. The highest BCUT2D eigenvalue weighted by atomic mass is 14.9. The molecule has 58 heavy (non-hydrogen) atoms. The third-order valence-electron chi connectivity index (χ3n) is 13.4. The summed E-state index contributed by atoms with van der Waals surface area (Å²) in [5.41, 5.74) is 13.7. The van der Waals surface area contributed by atoms with Crippen LogP contribution < -0.4 is 0 Å². The van der Waals surface area contributed by atoms with Gasteiger partial charge in [0.25, 0.3) is 0 Å². The van der Waals surface area contributed by atoms with Crippen molar-refractivity contribution in [3.63, 3.8) is 0 Å². The van der Waals surface area contributed by atoms with Gasteiger partial charge in [-0.25, -0.2) is 9.97 Å². The van der Waals surface area contributed by atoms with E-state index in [-0.39, 0.29) is 17.3 Å². The smallest absolute Gasteiger partial charge is 0.136 e. The van der Waals surface area contributed by atoms with Crippen molar-refractivity contribution in [3.8, 4) is 22.4 Å². The summed E-state index contributed by atoms with van der Waals surface area (Å²) in [6.07, 6.45) is 35.2. The van der Waals surface area contributed by atoms with Crippen LogP contribution in [0.5, 0.6) is 0 Å². The molecule has 5 aromatic rings. The van der Waals surface area contributed by atoms with E-state index in [0.29, 0.717) is 11.8 Å². The quantitative estimate of drug-likeness (QED) is 0.168. The van der Waals surface area contributed by atoms with Crippen LogP contribution in [0.3, 0.4) is 0 Å². The van der Waals surface area contributed by atoms with Crippen molar-refractivity contribution in [1.29, 1.82) is 0 Å². The van der Waals surface area contributed by atoms with E-state index in [0.717, 1.165) is 54.9 Å². The number of fused-ring (bicyclic) bond motifs is 6. The van der Waals surface area contributed by atoms with Crippen molar-refractivity contribution in [3.05, 3.63) is 198 Å². The average molecular weight is 750 g/mol. The topological polar surface area (TPSA) is 38.1 Å². The van der Waals surface area contributed by atoms with Gasteiger partial charge in [-0.15, -0.1) is 0 Å². The van der Waals surface area contributed by atoms with Crippen LogP contribution in [-0.2, 0) is 0 Å². The van der Waals surface area contributed by atoms with Gasteiger partial charge in [0.05, 0.1) is 11.4 Å². The van der Waals surface area contributed by atoms with Crippen LogP contribution >= 0.6 is 0 Å². The molecule has 6 aliphatic rings. The largest absolute Gasteiger partial charge is 0.260 e. The zero-order chi connectivity index (χ0) is 38.8. The van der Waals surface area contributed by atoms with E-state index in [1.54, 1.807) is 0 Å². The number of aromatic nitrogens is 2. The van der Waals surface area contributed by atoms with E-state index in [2.05, 4.69) is 178 Å². The number of benzene rings is 4. The maximum atomic E-state index is 5.47. The fourth-order valence-corrected chi connectivity index (χ4v) is 10.5. The summed E-state index contributed by atoms with van der Waals surface area (Å²) < 4.78 is 0. The Hall–Kier alpha value is -6.19. The number of hydrogen-bond acceptors (Lipinski definition) is 3. The van der Waals surface area contributed by atoms with Crippen LogP contribution in [0.4, 0.5) is 0 Å². The summed E-state index contributed by atoms with van der Waals surface area (Å²) in [6.45, 7) is 4.70. The van der Waals surface area contributed by atoms with Gasteiger partial charge in [-0.05, 0) is 117 Å². The summed E-state index contributed by atoms with van der Waals surface area (Å²) in [7, 11) is 0. The molecule has 1 aromatic heterocycles. The molecule has 0 saturated carbocycles. The SMILES string of the molecule is CC1C=CC2=NC=C(C3=CCC(c4nc(C5=CC6=C(C=CCC6)C6C=CC=CC56)cc(-c5ccc(-c6cc7ccccc7c7ccccc67)cc5)n4)C=C3)CC2(C)C1. The monoisotopic (exact) mass is 749 g/mol. The molecule has 5 unspecified atom stereocenters. The summed E-state index contributed by atoms with van der Waals surface area (Å²) in [5, 5.41) is 5.10. The number of nitrogens with zero attached hydrogens (tertiary/aromatic N) is 3. The lowest BCUT2D eigenvalue weighted by atomic mass is 9.68. The van der Waals surface area contributed by atoms with E-state index in [9.17, 15) is 0 Å². The average Bonchev–Trinajstić information content (AvgIpc) is 3.28. The molecule has 0 N–H and O–H groups in total. The minimum atomic E-state index is 0.0799. The first-order chi connectivity index (χ1) is 28.5. The standard InChI is InChI=1S/C55H47N3/c1-35-19-28-53-55(2,32-35)33-42(34-56-53)36-20-26-39(27-21-36)54-57-51(31-52(58-54)50-30-41-12-4-6-14-44(41)46-16-8-10-18-48(46)50)38-24-22-37(23-25-38)49-29-40-11-3-5-13-43(40)45-15-7-9-17-47(45)49/h3,5-11,13-26,28-31,34-35,39,46,48H,4,12,27,32-33H2,1-2H3. The van der Waals surface area contributed by atoms with Crippen molar-refractivity contribution < 1.29 is 0 Å². The zero-order valence-electron chi connectivity index (χ0n) is 33.3. The van der Waals surface area contributed by atoms with Gasteiger partial charge in [0.2, 0.25) is 0 Å². The van der Waals surface area contributed by atoms with Gasteiger partial charge in [0.1, 0.15) is 5.82 Å². The van der Waals surface area contributed by atoms with Crippen LogP contribution in [0.1, 0.15) is 63.4 Å². The summed E-state index contributed by atoms with van der Waals surface area (Å²) in [6, 6.07) is 31.1. The molecule has 282 valence electrons. The van der Waals surface area contributed by atoms with Crippen LogP contribution in [0, 0.1) is 23.2 Å². The zero-order valence-corrected chi connectivity index (χ0v) is 33.3. The second-order valence-electron chi connectivity index (χ2n) is 17.4. The first kappa shape index (κ1) is 35.0. The molecule has 0 fully saturated rings. The molecule has 4 aromatic carbocycles. The van der Waals surface area contributed by atoms with E-state index in [4.69, 9.17) is 15.0 Å². The van der Waals surface area contributed by atoms with Gasteiger partial charge < -0.3 is 0 Å². The number of rotatable bonds is 5. The van der Waals surface area contributed by atoms with Crippen LogP contribution in [0.2, 0.25) is 0 Å². The first-order valence-electron chi connectivity index (χ1n) is 21.2. The molecular weight excluding hydrogens is 703 g/mol. The van der Waals surface area contributed by atoms with E-state index in [1.807, 2.05) is 0 Å². The summed E-state index contributed by atoms with van der Waals surface area (Å²) >= 11 is 0. The van der Waals surface area contributed by atoms with Crippen molar-refractivity contribution in [2.24, 2.45) is 28.2 Å². The lowest BCUT2D eigenvalue weighted by Gasteiger charge is -2.38. The normalized spacial score (nSPS) is 25.8. The highest BCUT2D eigenvalue weighted by molar-refractivity contribution is 6.13. The summed E-state index contributed by atoms with van der Waals surface area (Å²) in [4.78, 5) is 15.8. The highest BCUT2D eigenvalue weighted by Gasteiger charge is 2.37. The third kappa shape index (κ3) is 6.07. The molecule has 5 atom stereocenters. The molecular formula is C55H47N3. The van der Waals surface area contributed by atoms with Crippen LogP contribution in [0.25, 0.3) is 49.5 Å². The third-order valence-corrected chi connectivity index (χ3v) is 13.4. The van der Waals surface area contributed by atoms with Crippen molar-refractivity contribution in [1.82, 2.24) is 9.97 Å². The van der Waals surface area contributed by atoms with Crippen LogP contribution in [-0.4, -0.2) is 15.7 Å². The maximum absolute atomic E-state index is 5.47. The van der Waals surface area contributed by atoms with Crippen LogP contribution in [0.15, 0.2) is 191 Å². The lowest BCUT2D eigenvalue weighted by Crippen LogP contribution is -2.33. The van der Waals surface area contributed by atoms with Gasteiger partial charge in [-0.1, -0.05) is 153 Å². The second kappa shape index (κ2) is 14.0. The van der Waals surface area contributed by atoms with Gasteiger partial charge in [0, 0.05) is 40.6 Å². The van der Waals surface area contributed by atoms with Crippen molar-refractivity contribution >= 4 is 32.8 Å². The molecule has 2 heterocycles. The van der Waals surface area contributed by atoms with E-state index >= 15 is 0 Å². The number of aliphatic imine (C=N–C) groups is 1. The molecule has 0 amide bonds. The predicted molar refractivity (Wildman–Crippen MR) is 242 cm³/mol. The Labute approximate surface area is 341 Å². The highest BCUT2D eigenvalue weighted by Crippen LogP contribution is 2.47. The molecule has 5 aliphatic carbocycles. The molecule has 0 spiro atoms. The predicted octanol–water partition coefficient (Wildman–Crippen LogP) is 13.8. The molecule has 0 bridgehead atoms.